The van der Waals surface area contributed by atoms with E-state index in [0.29, 0.717) is 24.6 Å². The molecule has 1 aliphatic rings. The molecule has 1 heterocycles. The molecule has 3 rings (SSSR count). The van der Waals surface area contributed by atoms with Crippen molar-refractivity contribution in [1.29, 1.82) is 0 Å². The van der Waals surface area contributed by atoms with Gasteiger partial charge < -0.3 is 10.6 Å². The molecule has 0 aromatic heterocycles. The molecule has 6 nitrogen and oxygen atoms in total. The highest BCUT2D eigenvalue weighted by Gasteiger charge is 2.36. The monoisotopic (exact) mass is 413 g/mol. The Balaban J connectivity index is 1.92. The van der Waals surface area contributed by atoms with Crippen LogP contribution in [-0.2, 0) is 17.4 Å². The van der Waals surface area contributed by atoms with Gasteiger partial charge in [0.1, 0.15) is 5.69 Å². The van der Waals surface area contributed by atoms with Crippen LogP contribution in [0.2, 0.25) is 5.02 Å². The number of carbonyl (C=O) groups excluding carboxylic acids is 1. The van der Waals surface area contributed by atoms with E-state index >= 15 is 0 Å². The van der Waals surface area contributed by atoms with Crippen molar-refractivity contribution in [3.63, 3.8) is 0 Å². The van der Waals surface area contributed by atoms with Gasteiger partial charge >= 0.3 is 6.18 Å². The van der Waals surface area contributed by atoms with Gasteiger partial charge in [-0.25, -0.2) is 0 Å². The highest BCUT2D eigenvalue weighted by molar-refractivity contribution is 6.31. The zero-order valence-electron chi connectivity index (χ0n) is 14.6. The van der Waals surface area contributed by atoms with Crippen LogP contribution in [-0.4, -0.2) is 10.8 Å². The third-order valence-corrected chi connectivity index (χ3v) is 4.80. The van der Waals surface area contributed by atoms with Gasteiger partial charge in [-0.2, -0.15) is 13.2 Å². The smallest absolute Gasteiger partial charge is 0.373 e. The quantitative estimate of drug-likeness (QED) is 0.524. The second-order valence-electron chi connectivity index (χ2n) is 6.43. The molecule has 0 saturated carbocycles. The first-order chi connectivity index (χ1) is 13.1. The number of rotatable bonds is 4. The topological polar surface area (TPSA) is 84.3 Å². The maximum atomic E-state index is 13.0. The van der Waals surface area contributed by atoms with Crippen molar-refractivity contribution in [2.24, 2.45) is 0 Å². The summed E-state index contributed by atoms with van der Waals surface area (Å²) in [6.07, 6.45) is -3.87. The summed E-state index contributed by atoms with van der Waals surface area (Å²) in [5, 5.41) is 16.3. The molecule has 0 fully saturated rings. The van der Waals surface area contributed by atoms with Crippen LogP contribution in [0.1, 0.15) is 36.1 Å². The third kappa shape index (κ3) is 4.04. The van der Waals surface area contributed by atoms with Crippen LogP contribution < -0.4 is 10.6 Å². The molecule has 0 radical (unpaired) electrons. The Labute approximate surface area is 162 Å². The number of aryl methyl sites for hydroxylation is 1. The normalized spacial score (nSPS) is 14.8. The van der Waals surface area contributed by atoms with E-state index in [-0.39, 0.29) is 11.6 Å². The Bertz CT molecular complexity index is 963. The number of fused-ring (bicyclic) bond motifs is 1. The number of nitrogens with one attached hydrogen (secondary N) is 2. The van der Waals surface area contributed by atoms with Gasteiger partial charge in [0.05, 0.1) is 15.5 Å². The van der Waals surface area contributed by atoms with E-state index in [1.807, 2.05) is 6.07 Å². The van der Waals surface area contributed by atoms with Crippen molar-refractivity contribution < 1.29 is 22.9 Å². The Morgan fingerprint density at radius 2 is 1.96 bits per heavy atom. The highest BCUT2D eigenvalue weighted by atomic mass is 35.5. The van der Waals surface area contributed by atoms with E-state index in [1.54, 1.807) is 19.1 Å². The Morgan fingerprint density at radius 3 is 2.61 bits per heavy atom. The molecule has 1 aliphatic heterocycles. The SMILES string of the molecule is C[C@@H](Nc1cc(Cl)c(C(F)(F)F)cc1[N+](=O)[O-])c1ccc2c(c1)CCC(=O)N2. The van der Waals surface area contributed by atoms with Crippen molar-refractivity contribution in [3.05, 3.63) is 62.2 Å². The molecule has 0 spiro atoms. The standard InChI is InChI=1S/C18H15ClF3N3O3/c1-9(10-2-4-14-11(6-10)3-5-17(26)24-14)23-15-8-13(19)12(18(20,21)22)7-16(15)25(27)28/h2,4,6-9,23H,3,5H2,1H3,(H,24,26)/t9-/m1/s1. The minimum absolute atomic E-state index is 0.0681. The fraction of sp³-hybridized carbons (Fsp3) is 0.278. The van der Waals surface area contributed by atoms with E-state index in [1.165, 1.54) is 0 Å². The van der Waals surface area contributed by atoms with Crippen molar-refractivity contribution >= 4 is 34.6 Å². The summed E-state index contributed by atoms with van der Waals surface area (Å²) < 4.78 is 38.9. The number of amides is 1. The molecule has 1 amide bonds. The summed E-state index contributed by atoms with van der Waals surface area (Å²) in [5.41, 5.74) is 0.306. The molecule has 10 heteroatoms. The molecule has 2 aromatic carbocycles. The summed E-state index contributed by atoms with van der Waals surface area (Å²) in [7, 11) is 0. The van der Waals surface area contributed by atoms with Gasteiger partial charge in [0.15, 0.2) is 0 Å². The van der Waals surface area contributed by atoms with Crippen molar-refractivity contribution in [2.75, 3.05) is 10.6 Å². The van der Waals surface area contributed by atoms with Gasteiger partial charge in [-0.15, -0.1) is 0 Å². The molecule has 0 saturated heterocycles. The lowest BCUT2D eigenvalue weighted by molar-refractivity contribution is -0.384. The second-order valence-corrected chi connectivity index (χ2v) is 6.84. The molecule has 0 bridgehead atoms. The van der Waals surface area contributed by atoms with Gasteiger partial charge in [-0.3, -0.25) is 14.9 Å². The van der Waals surface area contributed by atoms with E-state index in [0.717, 1.165) is 17.2 Å². The summed E-state index contributed by atoms with van der Waals surface area (Å²) in [6.45, 7) is 1.72. The highest BCUT2D eigenvalue weighted by Crippen LogP contribution is 2.41. The van der Waals surface area contributed by atoms with Crippen molar-refractivity contribution in [3.8, 4) is 0 Å². The van der Waals surface area contributed by atoms with Crippen LogP contribution in [0.25, 0.3) is 0 Å². The number of hydrogen-bond donors (Lipinski definition) is 2. The van der Waals surface area contributed by atoms with E-state index in [9.17, 15) is 28.1 Å². The predicted molar refractivity (Wildman–Crippen MR) is 98.5 cm³/mol. The van der Waals surface area contributed by atoms with Gasteiger partial charge in [0.2, 0.25) is 5.91 Å². The van der Waals surface area contributed by atoms with Gasteiger partial charge in [0, 0.05) is 24.2 Å². The van der Waals surface area contributed by atoms with Crippen molar-refractivity contribution in [2.45, 2.75) is 32.0 Å². The average Bonchev–Trinajstić information content (AvgIpc) is 2.59. The number of benzene rings is 2. The van der Waals surface area contributed by atoms with Crippen LogP contribution >= 0.6 is 11.6 Å². The maximum Gasteiger partial charge on any atom is 0.418 e. The van der Waals surface area contributed by atoms with Crippen molar-refractivity contribution in [1.82, 2.24) is 0 Å². The van der Waals surface area contributed by atoms with Crippen LogP contribution in [0.3, 0.4) is 0 Å². The first-order valence-electron chi connectivity index (χ1n) is 8.30. The Morgan fingerprint density at radius 1 is 1.25 bits per heavy atom. The molecule has 0 aliphatic carbocycles. The third-order valence-electron chi connectivity index (χ3n) is 4.48. The molecule has 148 valence electrons. The fourth-order valence-corrected chi connectivity index (χ4v) is 3.31. The number of nitrogens with zero attached hydrogens (tertiary/aromatic N) is 1. The number of halogens is 4. The number of carbonyl (C=O) groups is 1. The molecular formula is C18H15ClF3N3O3. The lowest BCUT2D eigenvalue weighted by atomic mass is 9.97. The van der Waals surface area contributed by atoms with Crippen LogP contribution in [0.15, 0.2) is 30.3 Å². The second kappa shape index (κ2) is 7.31. The molecular weight excluding hydrogens is 399 g/mol. The lowest BCUT2D eigenvalue weighted by Gasteiger charge is -2.21. The molecule has 28 heavy (non-hydrogen) atoms. The number of nitro groups is 1. The predicted octanol–water partition coefficient (Wildman–Crippen LogP) is 5.32. The maximum absolute atomic E-state index is 13.0. The summed E-state index contributed by atoms with van der Waals surface area (Å²) >= 11 is 5.71. The zero-order valence-corrected chi connectivity index (χ0v) is 15.3. The van der Waals surface area contributed by atoms with Crippen LogP contribution in [0.5, 0.6) is 0 Å². The molecule has 2 aromatic rings. The zero-order chi connectivity index (χ0) is 20.6. The lowest BCUT2D eigenvalue weighted by Crippen LogP contribution is -2.19. The first kappa shape index (κ1) is 19.9. The largest absolute Gasteiger partial charge is 0.418 e. The Hall–Kier alpha value is -2.81. The van der Waals surface area contributed by atoms with Gasteiger partial charge in [0.25, 0.3) is 5.69 Å². The summed E-state index contributed by atoms with van der Waals surface area (Å²) in [6, 6.07) is 6.21. The summed E-state index contributed by atoms with van der Waals surface area (Å²) in [4.78, 5) is 21.8. The minimum atomic E-state index is -4.80. The minimum Gasteiger partial charge on any atom is -0.373 e. The van der Waals surface area contributed by atoms with Crippen LogP contribution in [0, 0.1) is 10.1 Å². The first-order valence-corrected chi connectivity index (χ1v) is 8.68. The van der Waals surface area contributed by atoms with E-state index < -0.39 is 33.4 Å². The van der Waals surface area contributed by atoms with E-state index in [2.05, 4.69) is 10.6 Å². The van der Waals surface area contributed by atoms with E-state index in [4.69, 9.17) is 11.6 Å². The fourth-order valence-electron chi connectivity index (χ4n) is 3.03. The molecule has 0 unspecified atom stereocenters. The summed E-state index contributed by atoms with van der Waals surface area (Å²) in [5.74, 6) is -0.0681. The Kier molecular flexibility index (Phi) is 5.20. The number of alkyl halides is 3. The number of nitro benzene ring substituents is 1. The molecule has 2 N–H and O–H groups in total. The van der Waals surface area contributed by atoms with Crippen LogP contribution in [0.4, 0.5) is 30.2 Å². The van der Waals surface area contributed by atoms with Gasteiger partial charge in [-0.1, -0.05) is 23.7 Å². The average molecular weight is 414 g/mol. The number of anilines is 2. The van der Waals surface area contributed by atoms with Gasteiger partial charge in [-0.05, 0) is 36.6 Å². The number of hydrogen-bond acceptors (Lipinski definition) is 4. The molecule has 1 atom stereocenters.